The lowest BCUT2D eigenvalue weighted by Crippen LogP contribution is -2.32. The first-order valence-electron chi connectivity index (χ1n) is 9.78. The second kappa shape index (κ2) is 8.93. The number of rotatable bonds is 6. The number of nitrogens with one attached hydrogen (secondary N) is 2. The molecule has 0 bridgehead atoms. The molecule has 4 rings (SSSR count). The lowest BCUT2D eigenvalue weighted by atomic mass is 9.94. The summed E-state index contributed by atoms with van der Waals surface area (Å²) in [5.74, 6) is 1.13. The molecule has 160 valence electrons. The summed E-state index contributed by atoms with van der Waals surface area (Å²) in [5.41, 5.74) is 13.7. The molecule has 11 heteroatoms. The molecule has 3 aromatic rings. The molecular weight excluding hydrogens is 408 g/mol. The number of anilines is 3. The maximum absolute atomic E-state index is 9.48. The van der Waals surface area contributed by atoms with Crippen molar-refractivity contribution in [3.63, 3.8) is 0 Å². The van der Waals surface area contributed by atoms with Crippen molar-refractivity contribution in [1.29, 1.82) is 10.5 Å². The van der Waals surface area contributed by atoms with Crippen LogP contribution in [0.25, 0.3) is 0 Å². The number of aliphatic imine (C=N–C) groups is 1. The lowest BCUT2D eigenvalue weighted by molar-refractivity contribution is 0.298. The van der Waals surface area contributed by atoms with Crippen LogP contribution >= 0.6 is 0 Å². The molecule has 0 aliphatic carbocycles. The lowest BCUT2D eigenvalue weighted by Gasteiger charge is -2.27. The molecule has 6 N–H and O–H groups in total. The molecule has 0 fully saturated rings. The number of nitrogen functional groups attached to an aromatic ring is 2. The molecule has 1 aromatic carbocycles. The van der Waals surface area contributed by atoms with Crippen LogP contribution in [0.5, 0.6) is 5.75 Å². The van der Waals surface area contributed by atoms with Gasteiger partial charge in [-0.1, -0.05) is 18.2 Å². The first-order valence-corrected chi connectivity index (χ1v) is 9.78. The Balaban J connectivity index is 1.68. The van der Waals surface area contributed by atoms with Crippen LogP contribution in [0.3, 0.4) is 0 Å². The first kappa shape index (κ1) is 20.5. The Morgan fingerprint density at radius 2 is 2.09 bits per heavy atom. The maximum atomic E-state index is 9.48. The summed E-state index contributed by atoms with van der Waals surface area (Å²) in [6.07, 6.45) is 8.00. The van der Waals surface area contributed by atoms with Crippen LogP contribution in [0.15, 0.2) is 48.0 Å². The zero-order valence-electron chi connectivity index (χ0n) is 17.0. The molecular formula is C21H20N10O. The van der Waals surface area contributed by atoms with Gasteiger partial charge in [-0.25, -0.2) is 15.0 Å². The number of para-hydroxylation sites is 1. The van der Waals surface area contributed by atoms with E-state index < -0.39 is 6.04 Å². The summed E-state index contributed by atoms with van der Waals surface area (Å²) in [4.78, 5) is 12.9. The fraction of sp³-hybridized carbons (Fsp3) is 0.190. The van der Waals surface area contributed by atoms with Crippen molar-refractivity contribution in [1.82, 2.24) is 19.9 Å². The molecule has 0 saturated heterocycles. The van der Waals surface area contributed by atoms with Gasteiger partial charge in [-0.3, -0.25) is 5.32 Å². The quantitative estimate of drug-likeness (QED) is 0.259. The van der Waals surface area contributed by atoms with Gasteiger partial charge in [0.2, 0.25) is 5.96 Å². The van der Waals surface area contributed by atoms with Gasteiger partial charge in [0.1, 0.15) is 35.1 Å². The van der Waals surface area contributed by atoms with Crippen LogP contribution in [0.1, 0.15) is 29.2 Å². The number of aryl methyl sites for hydroxylation is 1. The number of ether oxygens (including phenoxy) is 1. The molecule has 2 aromatic heterocycles. The molecule has 0 saturated carbocycles. The highest BCUT2D eigenvalue weighted by atomic mass is 16.5. The van der Waals surface area contributed by atoms with Crippen LogP contribution in [-0.4, -0.2) is 27.1 Å². The van der Waals surface area contributed by atoms with Gasteiger partial charge >= 0.3 is 0 Å². The number of nitrogens with zero attached hydrogens (tertiary/aromatic N) is 6. The van der Waals surface area contributed by atoms with E-state index >= 15 is 0 Å². The molecule has 32 heavy (non-hydrogen) atoms. The summed E-state index contributed by atoms with van der Waals surface area (Å²) in [5, 5.41) is 23.9. The van der Waals surface area contributed by atoms with Gasteiger partial charge in [-0.15, -0.1) is 0 Å². The number of nitrogens with two attached hydrogens (primary N) is 2. The normalized spacial score (nSPS) is 14.3. The topological polar surface area (TPSA) is 176 Å². The van der Waals surface area contributed by atoms with E-state index in [9.17, 15) is 5.26 Å². The van der Waals surface area contributed by atoms with Crippen LogP contribution in [0.4, 0.5) is 17.3 Å². The van der Waals surface area contributed by atoms with E-state index in [1.807, 2.05) is 47.3 Å². The van der Waals surface area contributed by atoms with Gasteiger partial charge in [0, 0.05) is 30.1 Å². The second-order valence-electron chi connectivity index (χ2n) is 6.94. The summed E-state index contributed by atoms with van der Waals surface area (Å²) in [6, 6.07) is 8.76. The molecule has 3 heterocycles. The summed E-state index contributed by atoms with van der Waals surface area (Å²) >= 11 is 0. The van der Waals surface area contributed by atoms with Gasteiger partial charge in [0.15, 0.2) is 6.19 Å². The van der Waals surface area contributed by atoms with Crippen molar-refractivity contribution in [3.8, 4) is 18.0 Å². The van der Waals surface area contributed by atoms with Gasteiger partial charge in [0.05, 0.1) is 18.6 Å². The smallest absolute Gasteiger partial charge is 0.211 e. The third-order valence-corrected chi connectivity index (χ3v) is 4.95. The molecule has 1 aliphatic heterocycles. The first-order chi connectivity index (χ1) is 15.6. The monoisotopic (exact) mass is 428 g/mol. The fourth-order valence-corrected chi connectivity index (χ4v) is 3.49. The summed E-state index contributed by atoms with van der Waals surface area (Å²) < 4.78 is 8.03. The Morgan fingerprint density at radius 1 is 1.25 bits per heavy atom. The van der Waals surface area contributed by atoms with E-state index in [1.54, 1.807) is 12.5 Å². The summed E-state index contributed by atoms with van der Waals surface area (Å²) in [7, 11) is 0. The van der Waals surface area contributed by atoms with Crippen molar-refractivity contribution in [3.05, 3.63) is 59.7 Å². The Labute approximate surface area is 184 Å². The average molecular weight is 428 g/mol. The third kappa shape index (κ3) is 3.95. The van der Waals surface area contributed by atoms with E-state index in [4.69, 9.17) is 21.5 Å². The van der Waals surface area contributed by atoms with E-state index in [0.29, 0.717) is 23.7 Å². The minimum atomic E-state index is -0.660. The zero-order chi connectivity index (χ0) is 22.5. The van der Waals surface area contributed by atoms with Gasteiger partial charge < -0.3 is 26.1 Å². The number of hydrogen-bond acceptors (Lipinski definition) is 10. The predicted molar refractivity (Wildman–Crippen MR) is 118 cm³/mol. The molecule has 1 unspecified atom stereocenters. The van der Waals surface area contributed by atoms with Gasteiger partial charge in [-0.05, 0) is 12.5 Å². The molecule has 0 spiro atoms. The molecule has 0 radical (unpaired) electrons. The van der Waals surface area contributed by atoms with E-state index in [-0.39, 0.29) is 23.0 Å². The third-order valence-electron chi connectivity index (χ3n) is 4.95. The minimum Gasteiger partial charge on any atom is -0.493 e. The highest BCUT2D eigenvalue weighted by Gasteiger charge is 2.31. The van der Waals surface area contributed by atoms with Crippen LogP contribution < -0.4 is 26.8 Å². The molecule has 11 nitrogen and oxygen atoms in total. The fourth-order valence-electron chi connectivity index (χ4n) is 3.49. The van der Waals surface area contributed by atoms with E-state index in [1.165, 1.54) is 0 Å². The molecule has 1 atom stereocenters. The highest BCUT2D eigenvalue weighted by Crippen LogP contribution is 2.43. The number of aromatic nitrogens is 3. The van der Waals surface area contributed by atoms with Gasteiger partial charge in [0.25, 0.3) is 0 Å². The SMILES string of the molecule is N#CNC1=NC(c2ccccc2OCCCn2ccnc2)c2c(nc(N)c(C#N)c2N)N1. The number of pyridine rings is 1. The second-order valence-corrected chi connectivity index (χ2v) is 6.94. The van der Waals surface area contributed by atoms with Crippen LogP contribution in [-0.2, 0) is 6.54 Å². The Morgan fingerprint density at radius 3 is 2.84 bits per heavy atom. The van der Waals surface area contributed by atoms with Gasteiger partial charge in [-0.2, -0.15) is 10.5 Å². The van der Waals surface area contributed by atoms with E-state index in [2.05, 4.69) is 25.6 Å². The van der Waals surface area contributed by atoms with Crippen molar-refractivity contribution in [2.75, 3.05) is 23.4 Å². The van der Waals surface area contributed by atoms with Crippen LogP contribution in [0, 0.1) is 22.8 Å². The number of hydrogen-bond donors (Lipinski definition) is 4. The summed E-state index contributed by atoms with van der Waals surface area (Å²) in [6.45, 7) is 1.24. The number of benzene rings is 1. The van der Waals surface area contributed by atoms with Crippen molar-refractivity contribution < 1.29 is 4.74 Å². The number of imidazole rings is 1. The Hall–Kier alpha value is -4.77. The minimum absolute atomic E-state index is 0.00255. The maximum Gasteiger partial charge on any atom is 0.211 e. The molecule has 1 aliphatic rings. The number of fused-ring (bicyclic) bond motifs is 1. The Bertz CT molecular complexity index is 1240. The zero-order valence-corrected chi connectivity index (χ0v) is 17.0. The number of nitriles is 2. The van der Waals surface area contributed by atoms with Crippen molar-refractivity contribution in [2.45, 2.75) is 19.0 Å². The Kier molecular flexibility index (Phi) is 5.72. The average Bonchev–Trinajstić information content (AvgIpc) is 3.30. The van der Waals surface area contributed by atoms with Crippen molar-refractivity contribution in [2.24, 2.45) is 4.99 Å². The van der Waals surface area contributed by atoms with Crippen molar-refractivity contribution >= 4 is 23.3 Å². The largest absolute Gasteiger partial charge is 0.493 e. The molecule has 0 amide bonds. The highest BCUT2D eigenvalue weighted by molar-refractivity contribution is 5.98. The van der Waals surface area contributed by atoms with Crippen LogP contribution in [0.2, 0.25) is 0 Å². The number of guanidine groups is 1. The standard InChI is InChI=1S/C21H20N10O/c22-10-14-17(24)16-18(28-21(27-11-23)30-20(16)29-19(14)25)13-4-1-2-5-15(13)32-9-3-7-31-8-6-26-12-31/h1-2,4-6,8,12,18H,3,7,9H2,(H6,24,25,27,28,29,30). The van der Waals surface area contributed by atoms with E-state index in [0.717, 1.165) is 18.5 Å². The predicted octanol–water partition coefficient (Wildman–Crippen LogP) is 1.72.